The van der Waals surface area contributed by atoms with Crippen molar-refractivity contribution in [2.24, 2.45) is 11.8 Å². The lowest BCUT2D eigenvalue weighted by atomic mass is 9.93. The fourth-order valence-corrected chi connectivity index (χ4v) is 3.83. The number of nitrogens with one attached hydrogen (secondary N) is 1. The first kappa shape index (κ1) is 17.5. The Balaban J connectivity index is 1.47. The maximum atomic E-state index is 9.24. The highest BCUT2D eigenvalue weighted by Crippen LogP contribution is 2.24. The smallest absolute Gasteiger partial charge is 0.126 e. The summed E-state index contributed by atoms with van der Waals surface area (Å²) in [6.07, 6.45) is 7.66. The van der Waals surface area contributed by atoms with Crippen molar-refractivity contribution in [2.75, 3.05) is 43.1 Å². The Labute approximate surface area is 145 Å². The SMILES string of the molecule is CC(CC1CCOCC1)Nc1ccc(N2CCC(CO)CC2)cn1. The highest BCUT2D eigenvalue weighted by molar-refractivity contribution is 5.50. The van der Waals surface area contributed by atoms with E-state index in [0.717, 1.165) is 50.9 Å². The molecule has 2 saturated heterocycles. The zero-order valence-corrected chi connectivity index (χ0v) is 14.8. The minimum absolute atomic E-state index is 0.319. The summed E-state index contributed by atoms with van der Waals surface area (Å²) in [5.74, 6) is 2.21. The average Bonchev–Trinajstić information content (AvgIpc) is 2.63. The van der Waals surface area contributed by atoms with E-state index in [9.17, 15) is 5.11 Å². The van der Waals surface area contributed by atoms with Gasteiger partial charge >= 0.3 is 0 Å². The van der Waals surface area contributed by atoms with E-state index in [1.807, 2.05) is 6.20 Å². The molecule has 2 N–H and O–H groups in total. The molecule has 0 radical (unpaired) electrons. The molecule has 134 valence electrons. The van der Waals surface area contributed by atoms with Gasteiger partial charge in [0.25, 0.3) is 0 Å². The molecule has 5 nitrogen and oxygen atoms in total. The van der Waals surface area contributed by atoms with Gasteiger partial charge in [-0.1, -0.05) is 0 Å². The van der Waals surface area contributed by atoms with Crippen LogP contribution >= 0.6 is 0 Å². The average molecular weight is 333 g/mol. The van der Waals surface area contributed by atoms with Gasteiger partial charge in [-0.15, -0.1) is 0 Å². The first-order chi connectivity index (χ1) is 11.7. The Kier molecular flexibility index (Phi) is 6.32. The molecule has 0 saturated carbocycles. The monoisotopic (exact) mass is 333 g/mol. The highest BCUT2D eigenvalue weighted by Gasteiger charge is 2.19. The number of hydrogen-bond donors (Lipinski definition) is 2. The maximum Gasteiger partial charge on any atom is 0.126 e. The maximum absolute atomic E-state index is 9.24. The minimum Gasteiger partial charge on any atom is -0.396 e. The summed E-state index contributed by atoms with van der Waals surface area (Å²) in [4.78, 5) is 6.97. The van der Waals surface area contributed by atoms with Crippen LogP contribution < -0.4 is 10.2 Å². The number of aliphatic hydroxyl groups excluding tert-OH is 1. The molecule has 0 aliphatic carbocycles. The van der Waals surface area contributed by atoms with E-state index >= 15 is 0 Å². The molecule has 2 fully saturated rings. The van der Waals surface area contributed by atoms with Gasteiger partial charge in [-0.2, -0.15) is 0 Å². The minimum atomic E-state index is 0.319. The van der Waals surface area contributed by atoms with Crippen LogP contribution in [0.25, 0.3) is 0 Å². The summed E-state index contributed by atoms with van der Waals surface area (Å²) in [6.45, 7) is 6.42. The molecular formula is C19H31N3O2. The number of rotatable bonds is 6. The normalized spacial score (nSPS) is 21.7. The van der Waals surface area contributed by atoms with Gasteiger partial charge in [0.15, 0.2) is 0 Å². The van der Waals surface area contributed by atoms with Crippen LogP contribution in [0.4, 0.5) is 11.5 Å². The van der Waals surface area contributed by atoms with E-state index in [2.05, 4.69) is 34.3 Å². The topological polar surface area (TPSA) is 57.6 Å². The van der Waals surface area contributed by atoms with Crippen LogP contribution in [0.1, 0.15) is 39.0 Å². The van der Waals surface area contributed by atoms with E-state index in [1.54, 1.807) is 0 Å². The summed E-state index contributed by atoms with van der Waals surface area (Å²) >= 11 is 0. The second kappa shape index (κ2) is 8.67. The molecule has 1 unspecified atom stereocenters. The number of ether oxygens (including phenoxy) is 1. The van der Waals surface area contributed by atoms with Gasteiger partial charge in [0.1, 0.15) is 5.82 Å². The number of nitrogens with zero attached hydrogens (tertiary/aromatic N) is 2. The molecule has 1 aromatic rings. The number of aromatic nitrogens is 1. The molecule has 3 heterocycles. The fraction of sp³-hybridized carbons (Fsp3) is 0.737. The van der Waals surface area contributed by atoms with E-state index in [1.165, 1.54) is 24.9 Å². The van der Waals surface area contributed by atoms with Gasteiger partial charge < -0.3 is 20.1 Å². The van der Waals surface area contributed by atoms with Crippen molar-refractivity contribution < 1.29 is 9.84 Å². The predicted molar refractivity (Wildman–Crippen MR) is 97.5 cm³/mol. The first-order valence-corrected chi connectivity index (χ1v) is 9.40. The highest BCUT2D eigenvalue weighted by atomic mass is 16.5. The number of piperidine rings is 1. The third-order valence-electron chi connectivity index (χ3n) is 5.41. The van der Waals surface area contributed by atoms with Gasteiger partial charge in [0, 0.05) is 39.0 Å². The lowest BCUT2D eigenvalue weighted by Gasteiger charge is -2.32. The van der Waals surface area contributed by atoms with Crippen molar-refractivity contribution in [3.05, 3.63) is 18.3 Å². The summed E-state index contributed by atoms with van der Waals surface area (Å²) in [7, 11) is 0. The summed E-state index contributed by atoms with van der Waals surface area (Å²) < 4.78 is 5.43. The van der Waals surface area contributed by atoms with Crippen molar-refractivity contribution in [3.8, 4) is 0 Å². The van der Waals surface area contributed by atoms with Crippen LogP contribution in [0.5, 0.6) is 0 Å². The Morgan fingerprint density at radius 3 is 2.58 bits per heavy atom. The van der Waals surface area contributed by atoms with Crippen LogP contribution in [-0.2, 0) is 4.74 Å². The Morgan fingerprint density at radius 1 is 1.21 bits per heavy atom. The molecule has 1 atom stereocenters. The van der Waals surface area contributed by atoms with E-state index in [-0.39, 0.29) is 0 Å². The molecule has 0 spiro atoms. The number of pyridine rings is 1. The quantitative estimate of drug-likeness (QED) is 0.838. The van der Waals surface area contributed by atoms with Crippen molar-refractivity contribution in [1.82, 2.24) is 4.98 Å². The summed E-state index contributed by atoms with van der Waals surface area (Å²) in [5.41, 5.74) is 1.19. The third-order valence-corrected chi connectivity index (χ3v) is 5.41. The van der Waals surface area contributed by atoms with Crippen LogP contribution in [0.15, 0.2) is 18.3 Å². The van der Waals surface area contributed by atoms with Gasteiger partial charge in [-0.3, -0.25) is 0 Å². The van der Waals surface area contributed by atoms with Crippen molar-refractivity contribution >= 4 is 11.5 Å². The van der Waals surface area contributed by atoms with Crippen LogP contribution in [0.3, 0.4) is 0 Å². The second-order valence-electron chi connectivity index (χ2n) is 7.35. The molecular weight excluding hydrogens is 302 g/mol. The van der Waals surface area contributed by atoms with Gasteiger partial charge in [0.2, 0.25) is 0 Å². The Bertz CT molecular complexity index is 480. The molecule has 0 amide bonds. The van der Waals surface area contributed by atoms with Gasteiger partial charge in [-0.25, -0.2) is 4.98 Å². The standard InChI is InChI=1S/C19H31N3O2/c1-15(12-16-6-10-24-11-7-16)21-19-3-2-18(13-20-19)22-8-4-17(14-23)5-9-22/h2-3,13,15-17,23H,4-12,14H2,1H3,(H,20,21). The molecule has 24 heavy (non-hydrogen) atoms. The van der Waals surface area contributed by atoms with E-state index in [4.69, 9.17) is 4.74 Å². The van der Waals surface area contributed by atoms with E-state index < -0.39 is 0 Å². The molecule has 2 aliphatic heterocycles. The zero-order valence-electron chi connectivity index (χ0n) is 14.8. The molecule has 2 aliphatic rings. The molecule has 5 heteroatoms. The van der Waals surface area contributed by atoms with E-state index in [0.29, 0.717) is 18.6 Å². The molecule has 0 aromatic carbocycles. The zero-order chi connectivity index (χ0) is 16.8. The van der Waals surface area contributed by atoms with Crippen molar-refractivity contribution in [2.45, 2.75) is 45.1 Å². The summed E-state index contributed by atoms with van der Waals surface area (Å²) in [6, 6.07) is 4.69. The fourth-order valence-electron chi connectivity index (χ4n) is 3.83. The number of hydrogen-bond acceptors (Lipinski definition) is 5. The summed E-state index contributed by atoms with van der Waals surface area (Å²) in [5, 5.41) is 12.8. The molecule has 3 rings (SSSR count). The number of anilines is 2. The third kappa shape index (κ3) is 4.84. The van der Waals surface area contributed by atoms with Crippen molar-refractivity contribution in [1.29, 1.82) is 0 Å². The van der Waals surface area contributed by atoms with Gasteiger partial charge in [0.05, 0.1) is 11.9 Å². The lowest BCUT2D eigenvalue weighted by Crippen LogP contribution is -2.34. The second-order valence-corrected chi connectivity index (χ2v) is 7.35. The first-order valence-electron chi connectivity index (χ1n) is 9.40. The molecule has 0 bridgehead atoms. The van der Waals surface area contributed by atoms with Crippen LogP contribution in [0.2, 0.25) is 0 Å². The molecule has 1 aromatic heterocycles. The predicted octanol–water partition coefficient (Wildman–Crippen LogP) is 2.91. The Morgan fingerprint density at radius 2 is 1.96 bits per heavy atom. The van der Waals surface area contributed by atoms with Crippen LogP contribution in [-0.4, -0.2) is 49.0 Å². The Hall–Kier alpha value is -1.33. The van der Waals surface area contributed by atoms with Crippen LogP contribution in [0, 0.1) is 11.8 Å². The van der Waals surface area contributed by atoms with Crippen molar-refractivity contribution in [3.63, 3.8) is 0 Å². The lowest BCUT2D eigenvalue weighted by molar-refractivity contribution is 0.0629. The number of aliphatic hydroxyl groups is 1. The largest absolute Gasteiger partial charge is 0.396 e. The van der Waals surface area contributed by atoms with Gasteiger partial charge in [-0.05, 0) is 63.0 Å².